The first-order valence-electron chi connectivity index (χ1n) is 6.98. The number of nitrogens with one attached hydrogen (secondary N) is 1. The Morgan fingerprint density at radius 2 is 1.76 bits per heavy atom. The first-order chi connectivity index (χ1) is 10.2. The summed E-state index contributed by atoms with van der Waals surface area (Å²) in [4.78, 5) is 2.71. The van der Waals surface area contributed by atoms with Gasteiger partial charge in [0.1, 0.15) is 0 Å². The summed E-state index contributed by atoms with van der Waals surface area (Å²) in [5.74, 6) is 0. The maximum absolute atomic E-state index is 4.35. The van der Waals surface area contributed by atoms with Gasteiger partial charge in [-0.15, -0.1) is 22.7 Å². The van der Waals surface area contributed by atoms with Crippen LogP contribution in [0.4, 0.5) is 0 Å². The fraction of sp³-hybridized carbons (Fsp3) is 0.312. The van der Waals surface area contributed by atoms with Gasteiger partial charge >= 0.3 is 0 Å². The Hall–Kier alpha value is -1.43. The molecule has 3 heterocycles. The van der Waals surface area contributed by atoms with Gasteiger partial charge in [0.25, 0.3) is 0 Å². The molecule has 0 aliphatic rings. The highest BCUT2D eigenvalue weighted by Crippen LogP contribution is 2.32. The van der Waals surface area contributed by atoms with Crippen LogP contribution in [0, 0.1) is 6.92 Å². The van der Waals surface area contributed by atoms with Crippen molar-refractivity contribution in [3.05, 3.63) is 62.2 Å². The van der Waals surface area contributed by atoms with Crippen LogP contribution in [0.5, 0.6) is 0 Å². The molecule has 3 aromatic rings. The minimum Gasteiger partial charge on any atom is -0.298 e. The van der Waals surface area contributed by atoms with Gasteiger partial charge in [0, 0.05) is 34.1 Å². The molecule has 21 heavy (non-hydrogen) atoms. The van der Waals surface area contributed by atoms with E-state index in [2.05, 4.69) is 59.3 Å². The number of hydrogen-bond acceptors (Lipinski definition) is 4. The number of nitrogens with zero attached hydrogens (tertiary/aromatic N) is 2. The molecule has 1 unspecified atom stereocenters. The molecule has 0 saturated heterocycles. The van der Waals surface area contributed by atoms with Gasteiger partial charge in [-0.3, -0.25) is 10.00 Å². The standard InChI is InChI=1S/C16H19N3S2/c1-11(13-10-17-19(3)12(13)2)18-16(14-6-4-8-20-14)15-7-5-9-21-15/h4-11,16,18H,1-3H3. The Balaban J connectivity index is 1.87. The van der Waals surface area contributed by atoms with E-state index >= 15 is 0 Å². The van der Waals surface area contributed by atoms with Crippen molar-refractivity contribution < 1.29 is 0 Å². The van der Waals surface area contributed by atoms with Crippen LogP contribution in [0.3, 0.4) is 0 Å². The number of thiophene rings is 2. The molecular weight excluding hydrogens is 298 g/mol. The summed E-state index contributed by atoms with van der Waals surface area (Å²) in [6.07, 6.45) is 1.97. The molecule has 0 aromatic carbocycles. The third-order valence-corrected chi connectivity index (χ3v) is 5.69. The highest BCUT2D eigenvalue weighted by Gasteiger charge is 2.21. The Morgan fingerprint density at radius 1 is 1.14 bits per heavy atom. The summed E-state index contributed by atoms with van der Waals surface area (Å²) in [6.45, 7) is 4.32. The Bertz CT molecular complexity index is 649. The third kappa shape index (κ3) is 2.95. The maximum Gasteiger partial charge on any atom is 0.0769 e. The van der Waals surface area contributed by atoms with Crippen molar-refractivity contribution in [3.8, 4) is 0 Å². The molecule has 3 aromatic heterocycles. The molecule has 0 bridgehead atoms. The SMILES string of the molecule is Cc1c(C(C)NC(c2cccs2)c2cccs2)cnn1C. The predicted octanol–water partition coefficient (Wildman–Crippen LogP) is 4.29. The molecular formula is C16H19N3S2. The van der Waals surface area contributed by atoms with Crippen LogP contribution in [-0.2, 0) is 7.05 Å². The van der Waals surface area contributed by atoms with Gasteiger partial charge in [-0.25, -0.2) is 0 Å². The molecule has 1 N–H and O–H groups in total. The molecule has 0 fully saturated rings. The number of aryl methyl sites for hydroxylation is 1. The van der Waals surface area contributed by atoms with Gasteiger partial charge in [-0.05, 0) is 36.7 Å². The monoisotopic (exact) mass is 317 g/mol. The van der Waals surface area contributed by atoms with Gasteiger partial charge < -0.3 is 0 Å². The van der Waals surface area contributed by atoms with Gasteiger partial charge in [0.2, 0.25) is 0 Å². The average Bonchev–Trinajstić information content (AvgIpc) is 3.20. The third-order valence-electron chi connectivity index (χ3n) is 3.81. The molecule has 3 nitrogen and oxygen atoms in total. The fourth-order valence-corrected chi connectivity index (χ4v) is 4.18. The quantitative estimate of drug-likeness (QED) is 0.760. The van der Waals surface area contributed by atoms with Gasteiger partial charge in [-0.1, -0.05) is 12.1 Å². The zero-order valence-electron chi connectivity index (χ0n) is 12.4. The molecule has 110 valence electrons. The van der Waals surface area contributed by atoms with E-state index in [0.29, 0.717) is 0 Å². The van der Waals surface area contributed by atoms with E-state index in [1.165, 1.54) is 21.0 Å². The Labute approximate surface area is 133 Å². The van der Waals surface area contributed by atoms with Gasteiger partial charge in [0.15, 0.2) is 0 Å². The molecule has 0 amide bonds. The molecule has 1 atom stereocenters. The summed E-state index contributed by atoms with van der Waals surface area (Å²) in [7, 11) is 1.99. The highest BCUT2D eigenvalue weighted by molar-refractivity contribution is 7.11. The lowest BCUT2D eigenvalue weighted by molar-refractivity contribution is 0.524. The van der Waals surface area contributed by atoms with Gasteiger partial charge in [0.05, 0.1) is 12.2 Å². The van der Waals surface area contributed by atoms with Crippen molar-refractivity contribution >= 4 is 22.7 Å². The van der Waals surface area contributed by atoms with E-state index in [1.807, 2.05) is 17.9 Å². The number of aromatic nitrogens is 2. The van der Waals surface area contributed by atoms with Crippen molar-refractivity contribution in [2.24, 2.45) is 7.05 Å². The summed E-state index contributed by atoms with van der Waals surface area (Å²) in [5, 5.41) is 12.4. The summed E-state index contributed by atoms with van der Waals surface area (Å²) in [6, 6.07) is 9.13. The van der Waals surface area contributed by atoms with Crippen LogP contribution in [0.25, 0.3) is 0 Å². The van der Waals surface area contributed by atoms with Crippen LogP contribution in [-0.4, -0.2) is 9.78 Å². The lowest BCUT2D eigenvalue weighted by Gasteiger charge is -2.22. The van der Waals surface area contributed by atoms with Crippen molar-refractivity contribution in [1.82, 2.24) is 15.1 Å². The van der Waals surface area contributed by atoms with Crippen LogP contribution in [0.15, 0.2) is 41.2 Å². The van der Waals surface area contributed by atoms with E-state index in [4.69, 9.17) is 0 Å². The highest BCUT2D eigenvalue weighted by atomic mass is 32.1. The number of hydrogen-bond donors (Lipinski definition) is 1. The molecule has 0 aliphatic carbocycles. The predicted molar refractivity (Wildman–Crippen MR) is 90.0 cm³/mol. The van der Waals surface area contributed by atoms with Crippen LogP contribution in [0.2, 0.25) is 0 Å². The van der Waals surface area contributed by atoms with E-state index < -0.39 is 0 Å². The summed E-state index contributed by atoms with van der Waals surface area (Å²) >= 11 is 3.60. The molecule has 3 rings (SSSR count). The van der Waals surface area contributed by atoms with Crippen molar-refractivity contribution in [3.63, 3.8) is 0 Å². The van der Waals surface area contributed by atoms with E-state index in [-0.39, 0.29) is 12.1 Å². The van der Waals surface area contributed by atoms with Crippen LogP contribution in [0.1, 0.15) is 40.0 Å². The van der Waals surface area contributed by atoms with Gasteiger partial charge in [-0.2, -0.15) is 5.10 Å². The first kappa shape index (κ1) is 14.5. The van der Waals surface area contributed by atoms with E-state index in [0.717, 1.165) is 0 Å². The topological polar surface area (TPSA) is 29.9 Å². The molecule has 0 spiro atoms. The maximum atomic E-state index is 4.35. The molecule has 0 radical (unpaired) electrons. The Kier molecular flexibility index (Phi) is 4.24. The molecule has 5 heteroatoms. The molecule has 0 saturated carbocycles. The minimum absolute atomic E-state index is 0.250. The fourth-order valence-electron chi connectivity index (χ4n) is 2.50. The average molecular weight is 317 g/mol. The van der Waals surface area contributed by atoms with Crippen LogP contribution >= 0.6 is 22.7 Å². The van der Waals surface area contributed by atoms with Crippen molar-refractivity contribution in [2.75, 3.05) is 0 Å². The zero-order chi connectivity index (χ0) is 14.8. The van der Waals surface area contributed by atoms with Crippen molar-refractivity contribution in [2.45, 2.75) is 25.9 Å². The second-order valence-corrected chi connectivity index (χ2v) is 7.12. The second kappa shape index (κ2) is 6.13. The number of rotatable bonds is 5. The smallest absolute Gasteiger partial charge is 0.0769 e. The minimum atomic E-state index is 0.250. The largest absolute Gasteiger partial charge is 0.298 e. The van der Waals surface area contributed by atoms with E-state index in [9.17, 15) is 0 Å². The van der Waals surface area contributed by atoms with Crippen molar-refractivity contribution in [1.29, 1.82) is 0 Å². The summed E-state index contributed by atoms with van der Waals surface area (Å²) < 4.78 is 1.93. The normalized spacial score (nSPS) is 13.0. The lowest BCUT2D eigenvalue weighted by atomic mass is 10.1. The molecule has 0 aliphatic heterocycles. The van der Waals surface area contributed by atoms with Crippen LogP contribution < -0.4 is 5.32 Å². The van der Waals surface area contributed by atoms with E-state index in [1.54, 1.807) is 22.7 Å². The summed E-state index contributed by atoms with van der Waals surface area (Å²) in [5.41, 5.74) is 2.47. The lowest BCUT2D eigenvalue weighted by Crippen LogP contribution is -2.24. The second-order valence-electron chi connectivity index (χ2n) is 5.16. The first-order valence-corrected chi connectivity index (χ1v) is 8.74. The Morgan fingerprint density at radius 3 is 2.19 bits per heavy atom. The zero-order valence-corrected chi connectivity index (χ0v) is 14.0.